The van der Waals surface area contributed by atoms with Gasteiger partial charge in [0.15, 0.2) is 0 Å². The first-order valence-electron chi connectivity index (χ1n) is 9.94. The molecule has 0 N–H and O–H groups in total. The van der Waals surface area contributed by atoms with Gasteiger partial charge in [0.25, 0.3) is 0 Å². The second-order valence-electron chi connectivity index (χ2n) is 8.49. The number of hydrogen-bond donors (Lipinski definition) is 0. The Balaban J connectivity index is 1.48. The van der Waals surface area contributed by atoms with Crippen molar-refractivity contribution in [3.05, 3.63) is 65.0 Å². The maximum atomic E-state index is 13.2. The Bertz CT molecular complexity index is 815. The van der Waals surface area contributed by atoms with Crippen molar-refractivity contribution in [1.82, 2.24) is 4.90 Å². The van der Waals surface area contributed by atoms with E-state index < -0.39 is 0 Å². The van der Waals surface area contributed by atoms with Crippen molar-refractivity contribution in [3.63, 3.8) is 0 Å². The molecule has 4 aliphatic rings. The van der Waals surface area contributed by atoms with Crippen LogP contribution in [-0.2, 0) is 6.42 Å². The quantitative estimate of drug-likeness (QED) is 0.811. The van der Waals surface area contributed by atoms with Crippen LogP contribution in [0.15, 0.2) is 42.5 Å². The highest BCUT2D eigenvalue weighted by molar-refractivity contribution is 5.64. The van der Waals surface area contributed by atoms with Crippen molar-refractivity contribution in [2.75, 3.05) is 25.0 Å². The SMILES string of the molecule is Cc1ccc2c(c1)C1C3CCC(C1N2CCc1ccc(F)cc1)N(C)C3. The van der Waals surface area contributed by atoms with Gasteiger partial charge in [-0.05, 0) is 68.5 Å². The van der Waals surface area contributed by atoms with Crippen LogP contribution in [-0.4, -0.2) is 37.1 Å². The number of aryl methyl sites for hydroxylation is 1. The van der Waals surface area contributed by atoms with E-state index in [1.807, 2.05) is 12.1 Å². The topological polar surface area (TPSA) is 6.48 Å². The molecule has 6 rings (SSSR count). The van der Waals surface area contributed by atoms with E-state index in [1.54, 1.807) is 17.7 Å². The predicted octanol–water partition coefficient (Wildman–Crippen LogP) is 4.37. The Kier molecular flexibility index (Phi) is 3.82. The minimum absolute atomic E-state index is 0.151. The number of rotatable bonds is 3. The van der Waals surface area contributed by atoms with Gasteiger partial charge in [0.2, 0.25) is 0 Å². The van der Waals surface area contributed by atoms with Crippen LogP contribution in [0.1, 0.15) is 35.4 Å². The molecule has 2 saturated heterocycles. The lowest BCUT2D eigenvalue weighted by molar-refractivity contribution is 0.0370. The summed E-state index contributed by atoms with van der Waals surface area (Å²) in [6, 6.07) is 15.3. The number of halogens is 1. The molecule has 0 amide bonds. The summed E-state index contributed by atoms with van der Waals surface area (Å²) in [6.07, 6.45) is 3.66. The predicted molar refractivity (Wildman–Crippen MR) is 104 cm³/mol. The van der Waals surface area contributed by atoms with Crippen LogP contribution in [0.2, 0.25) is 0 Å². The van der Waals surface area contributed by atoms with Gasteiger partial charge in [-0.1, -0.05) is 29.8 Å². The minimum atomic E-state index is -0.151. The van der Waals surface area contributed by atoms with Gasteiger partial charge in [-0.25, -0.2) is 4.39 Å². The van der Waals surface area contributed by atoms with Crippen LogP contribution in [0, 0.1) is 18.7 Å². The molecule has 3 fully saturated rings. The van der Waals surface area contributed by atoms with Gasteiger partial charge in [0.1, 0.15) is 5.82 Å². The van der Waals surface area contributed by atoms with Gasteiger partial charge in [-0.3, -0.25) is 0 Å². The molecule has 26 heavy (non-hydrogen) atoms. The van der Waals surface area contributed by atoms with E-state index in [4.69, 9.17) is 0 Å². The average Bonchev–Trinajstić information content (AvgIpc) is 2.97. The Morgan fingerprint density at radius 3 is 2.65 bits per heavy atom. The van der Waals surface area contributed by atoms with Crippen LogP contribution in [0.25, 0.3) is 0 Å². The number of nitrogens with zero attached hydrogens (tertiary/aromatic N) is 2. The summed E-state index contributed by atoms with van der Waals surface area (Å²) in [5.74, 6) is 1.32. The first-order chi connectivity index (χ1) is 12.6. The first kappa shape index (κ1) is 16.3. The molecule has 2 bridgehead atoms. The van der Waals surface area contributed by atoms with E-state index in [2.05, 4.69) is 42.0 Å². The van der Waals surface area contributed by atoms with Gasteiger partial charge >= 0.3 is 0 Å². The van der Waals surface area contributed by atoms with Crippen LogP contribution >= 0.6 is 0 Å². The molecule has 1 saturated carbocycles. The third-order valence-corrected chi connectivity index (χ3v) is 6.96. The van der Waals surface area contributed by atoms with Crippen molar-refractivity contribution >= 4 is 5.69 Å². The van der Waals surface area contributed by atoms with E-state index in [9.17, 15) is 4.39 Å². The van der Waals surface area contributed by atoms with Crippen LogP contribution < -0.4 is 4.90 Å². The van der Waals surface area contributed by atoms with Crippen molar-refractivity contribution in [2.24, 2.45) is 5.92 Å². The fourth-order valence-corrected chi connectivity index (χ4v) is 5.82. The third-order valence-electron chi connectivity index (χ3n) is 6.96. The summed E-state index contributed by atoms with van der Waals surface area (Å²) in [4.78, 5) is 5.27. The monoisotopic (exact) mass is 350 g/mol. The molecule has 3 heteroatoms. The number of likely N-dealkylation sites (N-methyl/N-ethyl adjacent to an activating group) is 1. The molecule has 136 valence electrons. The van der Waals surface area contributed by atoms with E-state index in [0.29, 0.717) is 18.0 Å². The lowest BCUT2D eigenvalue weighted by atomic mass is 9.67. The van der Waals surface area contributed by atoms with Gasteiger partial charge in [-0.2, -0.15) is 0 Å². The number of anilines is 1. The fourth-order valence-electron chi connectivity index (χ4n) is 5.82. The lowest BCUT2D eigenvalue weighted by Gasteiger charge is -2.53. The molecule has 0 spiro atoms. The lowest BCUT2D eigenvalue weighted by Crippen LogP contribution is -2.61. The van der Waals surface area contributed by atoms with E-state index in [1.165, 1.54) is 36.2 Å². The Hall–Kier alpha value is -1.87. The molecule has 0 aromatic heterocycles. The molecular weight excluding hydrogens is 323 g/mol. The van der Waals surface area contributed by atoms with Crippen molar-refractivity contribution in [2.45, 2.75) is 44.2 Å². The molecule has 4 unspecified atom stereocenters. The second-order valence-corrected chi connectivity index (χ2v) is 8.49. The van der Waals surface area contributed by atoms with Crippen molar-refractivity contribution < 1.29 is 4.39 Å². The molecule has 2 aromatic rings. The van der Waals surface area contributed by atoms with Crippen LogP contribution in [0.4, 0.5) is 10.1 Å². The second kappa shape index (κ2) is 6.09. The van der Waals surface area contributed by atoms with Crippen LogP contribution in [0.3, 0.4) is 0 Å². The molecule has 1 aliphatic carbocycles. The molecule has 2 aromatic carbocycles. The smallest absolute Gasteiger partial charge is 0.123 e. The summed E-state index contributed by atoms with van der Waals surface area (Å²) in [6.45, 7) is 4.47. The normalized spacial score (nSPS) is 29.7. The highest BCUT2D eigenvalue weighted by Crippen LogP contribution is 2.54. The first-order valence-corrected chi connectivity index (χ1v) is 9.94. The van der Waals surface area contributed by atoms with Gasteiger partial charge in [0.05, 0.1) is 6.04 Å². The highest BCUT2D eigenvalue weighted by Gasteiger charge is 2.53. The Morgan fingerprint density at radius 2 is 1.88 bits per heavy atom. The molecule has 3 heterocycles. The fraction of sp³-hybridized carbons (Fsp3) is 0.478. The van der Waals surface area contributed by atoms with Gasteiger partial charge < -0.3 is 9.80 Å². The standard InChI is InChI=1S/C23H27FN2/c1-15-3-9-20-19(13-15)22-17-6-10-21(25(2)14-17)23(22)26(20)12-11-16-4-7-18(24)8-5-16/h3-5,7-9,13,17,21-23H,6,10-12,14H2,1-2H3. The number of benzene rings is 2. The van der Waals surface area contributed by atoms with E-state index in [-0.39, 0.29) is 5.82 Å². The van der Waals surface area contributed by atoms with Crippen molar-refractivity contribution in [3.8, 4) is 0 Å². The Morgan fingerprint density at radius 1 is 1.08 bits per heavy atom. The van der Waals surface area contributed by atoms with Gasteiger partial charge in [0, 0.05) is 30.7 Å². The largest absolute Gasteiger partial charge is 0.366 e. The maximum Gasteiger partial charge on any atom is 0.123 e. The molecule has 2 nitrogen and oxygen atoms in total. The molecular formula is C23H27FN2. The number of piperidine rings is 2. The summed E-state index contributed by atoms with van der Waals surface area (Å²) in [5, 5.41) is 0. The summed E-state index contributed by atoms with van der Waals surface area (Å²) in [5.41, 5.74) is 5.62. The molecule has 4 atom stereocenters. The van der Waals surface area contributed by atoms with Gasteiger partial charge in [-0.15, -0.1) is 0 Å². The molecule has 3 aliphatic heterocycles. The zero-order valence-electron chi connectivity index (χ0n) is 15.7. The third kappa shape index (κ3) is 2.48. The number of fused-ring (bicyclic) bond motifs is 3. The van der Waals surface area contributed by atoms with E-state index >= 15 is 0 Å². The summed E-state index contributed by atoms with van der Waals surface area (Å²) >= 11 is 0. The van der Waals surface area contributed by atoms with Crippen LogP contribution in [0.5, 0.6) is 0 Å². The zero-order valence-corrected chi connectivity index (χ0v) is 15.7. The van der Waals surface area contributed by atoms with Crippen molar-refractivity contribution in [1.29, 1.82) is 0 Å². The highest BCUT2D eigenvalue weighted by atomic mass is 19.1. The molecule has 0 radical (unpaired) electrons. The summed E-state index contributed by atoms with van der Waals surface area (Å²) in [7, 11) is 2.30. The zero-order chi connectivity index (χ0) is 17.8. The summed E-state index contributed by atoms with van der Waals surface area (Å²) < 4.78 is 13.2. The Labute approximate surface area is 155 Å². The average molecular weight is 350 g/mol. The maximum absolute atomic E-state index is 13.2. The minimum Gasteiger partial charge on any atom is -0.366 e. The van der Waals surface area contributed by atoms with E-state index in [0.717, 1.165) is 18.9 Å². The number of hydrogen-bond acceptors (Lipinski definition) is 2.